The lowest BCUT2D eigenvalue weighted by Crippen LogP contribution is -2.37. The maximum Gasteiger partial charge on any atom is 0.309 e. The molecule has 0 bridgehead atoms. The van der Waals surface area contributed by atoms with Gasteiger partial charge in [-0.2, -0.15) is 0 Å². The molecule has 1 aliphatic rings. The molecular formula is C12H13FN2O3. The van der Waals surface area contributed by atoms with Crippen LogP contribution in [0, 0.1) is 11.7 Å². The number of hydrogen-bond donors (Lipinski definition) is 2. The Balaban J connectivity index is 2.27. The summed E-state index contributed by atoms with van der Waals surface area (Å²) in [7, 11) is 0. The van der Waals surface area contributed by atoms with Crippen molar-refractivity contribution < 1.29 is 19.1 Å². The van der Waals surface area contributed by atoms with Crippen molar-refractivity contribution >= 4 is 17.6 Å². The van der Waals surface area contributed by atoms with Gasteiger partial charge in [0.25, 0.3) is 0 Å². The van der Waals surface area contributed by atoms with Gasteiger partial charge in [-0.25, -0.2) is 4.39 Å². The van der Waals surface area contributed by atoms with Gasteiger partial charge < -0.3 is 15.3 Å². The van der Waals surface area contributed by atoms with E-state index in [9.17, 15) is 14.0 Å². The van der Waals surface area contributed by atoms with Crippen LogP contribution in [0.25, 0.3) is 0 Å². The third-order valence-corrected chi connectivity index (χ3v) is 2.84. The molecule has 1 saturated heterocycles. The molecule has 2 rings (SSSR count). The predicted molar refractivity (Wildman–Crippen MR) is 62.7 cm³/mol. The number of hydrogen-bond acceptors (Lipinski definition) is 3. The molecule has 0 radical (unpaired) electrons. The van der Waals surface area contributed by atoms with Gasteiger partial charge in [-0.3, -0.25) is 9.59 Å². The van der Waals surface area contributed by atoms with Gasteiger partial charge in [0.2, 0.25) is 5.91 Å². The van der Waals surface area contributed by atoms with Crippen molar-refractivity contribution in [2.24, 2.45) is 5.92 Å². The van der Waals surface area contributed by atoms with Crippen molar-refractivity contribution in [1.29, 1.82) is 0 Å². The summed E-state index contributed by atoms with van der Waals surface area (Å²) >= 11 is 0. The number of benzene rings is 1. The summed E-state index contributed by atoms with van der Waals surface area (Å²) in [5.41, 5.74) is 0.384. The summed E-state index contributed by atoms with van der Waals surface area (Å²) in [6.45, 7) is 0.331. The summed E-state index contributed by atoms with van der Waals surface area (Å²) in [6.07, 6.45) is 0. The van der Waals surface area contributed by atoms with Crippen LogP contribution in [-0.4, -0.2) is 36.6 Å². The third-order valence-electron chi connectivity index (χ3n) is 2.84. The molecule has 18 heavy (non-hydrogen) atoms. The second-order valence-corrected chi connectivity index (χ2v) is 4.15. The van der Waals surface area contributed by atoms with Gasteiger partial charge in [-0.1, -0.05) is 6.07 Å². The number of aliphatic carboxylic acids is 1. The minimum absolute atomic E-state index is 0.0463. The zero-order valence-corrected chi connectivity index (χ0v) is 9.60. The van der Waals surface area contributed by atoms with Crippen LogP contribution in [0.3, 0.4) is 0 Å². The van der Waals surface area contributed by atoms with Crippen molar-refractivity contribution in [2.45, 2.75) is 0 Å². The first-order valence-corrected chi connectivity index (χ1v) is 5.57. The van der Waals surface area contributed by atoms with Crippen molar-refractivity contribution in [2.75, 3.05) is 24.5 Å². The normalized spacial score (nSPS) is 20.6. The van der Waals surface area contributed by atoms with E-state index in [0.717, 1.165) is 0 Å². The van der Waals surface area contributed by atoms with E-state index in [-0.39, 0.29) is 25.5 Å². The predicted octanol–water partition coefficient (Wildman–Crippen LogP) is 0.463. The van der Waals surface area contributed by atoms with Gasteiger partial charge in [0.15, 0.2) is 0 Å². The Kier molecular flexibility index (Phi) is 3.57. The molecule has 6 heteroatoms. The summed E-state index contributed by atoms with van der Waals surface area (Å²) in [5.74, 6) is -2.38. The average Bonchev–Trinajstić information content (AvgIpc) is 2.51. The standard InChI is InChI=1S/C12H13FN2O3/c13-9-2-1-3-10(4-9)15-7-8(12(17)18)5-14-6-11(15)16/h1-4,8,14H,5-7H2,(H,17,18). The Bertz CT molecular complexity index is 478. The number of nitrogens with zero attached hydrogens (tertiary/aromatic N) is 1. The molecular weight excluding hydrogens is 239 g/mol. The van der Waals surface area contributed by atoms with Crippen LogP contribution in [0.15, 0.2) is 24.3 Å². The molecule has 1 aromatic carbocycles. The van der Waals surface area contributed by atoms with E-state index in [1.807, 2.05) is 0 Å². The number of anilines is 1. The van der Waals surface area contributed by atoms with E-state index >= 15 is 0 Å². The minimum atomic E-state index is -0.974. The van der Waals surface area contributed by atoms with Gasteiger partial charge in [0.05, 0.1) is 12.5 Å². The smallest absolute Gasteiger partial charge is 0.309 e. The Hall–Kier alpha value is -1.95. The van der Waals surface area contributed by atoms with Crippen LogP contribution in [0.1, 0.15) is 0 Å². The first-order chi connectivity index (χ1) is 8.58. The molecule has 0 spiro atoms. The first kappa shape index (κ1) is 12.5. The molecule has 1 aliphatic heterocycles. The quantitative estimate of drug-likeness (QED) is 0.802. The topological polar surface area (TPSA) is 69.6 Å². The lowest BCUT2D eigenvalue weighted by atomic mass is 10.1. The number of amides is 1. The summed E-state index contributed by atoms with van der Waals surface area (Å²) in [5, 5.41) is 11.8. The molecule has 1 atom stereocenters. The fourth-order valence-electron chi connectivity index (χ4n) is 1.89. The SMILES string of the molecule is O=C(O)C1CNCC(=O)N(c2cccc(F)c2)C1. The summed E-state index contributed by atoms with van der Waals surface area (Å²) in [4.78, 5) is 24.2. The summed E-state index contributed by atoms with van der Waals surface area (Å²) < 4.78 is 13.1. The van der Waals surface area contributed by atoms with E-state index in [4.69, 9.17) is 5.11 Å². The zero-order chi connectivity index (χ0) is 13.1. The maximum atomic E-state index is 13.1. The highest BCUT2D eigenvalue weighted by molar-refractivity contribution is 5.95. The fourth-order valence-corrected chi connectivity index (χ4v) is 1.89. The zero-order valence-electron chi connectivity index (χ0n) is 9.60. The van der Waals surface area contributed by atoms with Crippen LogP contribution in [0.2, 0.25) is 0 Å². The van der Waals surface area contributed by atoms with Crippen molar-refractivity contribution in [3.05, 3.63) is 30.1 Å². The lowest BCUT2D eigenvalue weighted by molar-refractivity contribution is -0.141. The van der Waals surface area contributed by atoms with Gasteiger partial charge in [0, 0.05) is 18.8 Å². The molecule has 0 aromatic heterocycles. The van der Waals surface area contributed by atoms with Crippen LogP contribution < -0.4 is 10.2 Å². The van der Waals surface area contributed by atoms with Gasteiger partial charge in [0.1, 0.15) is 5.82 Å². The number of carboxylic acid groups (broad SMARTS) is 1. The molecule has 0 aliphatic carbocycles. The second-order valence-electron chi connectivity index (χ2n) is 4.15. The highest BCUT2D eigenvalue weighted by atomic mass is 19.1. The first-order valence-electron chi connectivity index (χ1n) is 5.57. The molecule has 2 N–H and O–H groups in total. The summed E-state index contributed by atoms with van der Waals surface area (Å²) in [6, 6.07) is 5.58. The van der Waals surface area contributed by atoms with Crippen LogP contribution in [0.5, 0.6) is 0 Å². The largest absolute Gasteiger partial charge is 0.481 e. The number of halogens is 1. The van der Waals surface area contributed by atoms with Gasteiger partial charge >= 0.3 is 5.97 Å². The molecule has 1 unspecified atom stereocenters. The van der Waals surface area contributed by atoms with Crippen LogP contribution >= 0.6 is 0 Å². The Labute approximate surface area is 103 Å². The van der Waals surface area contributed by atoms with Crippen molar-refractivity contribution in [3.63, 3.8) is 0 Å². The third kappa shape index (κ3) is 2.65. The Morgan fingerprint density at radius 3 is 2.94 bits per heavy atom. The number of rotatable bonds is 2. The highest BCUT2D eigenvalue weighted by Gasteiger charge is 2.28. The van der Waals surface area contributed by atoms with E-state index in [1.165, 1.54) is 23.1 Å². The number of carbonyl (C=O) groups excluding carboxylic acids is 1. The number of carboxylic acids is 1. The molecule has 1 fully saturated rings. The molecule has 96 valence electrons. The monoisotopic (exact) mass is 252 g/mol. The van der Waals surface area contributed by atoms with Crippen molar-refractivity contribution in [3.8, 4) is 0 Å². The molecule has 1 heterocycles. The Morgan fingerprint density at radius 1 is 1.50 bits per heavy atom. The van der Waals surface area contributed by atoms with Crippen LogP contribution in [-0.2, 0) is 9.59 Å². The highest BCUT2D eigenvalue weighted by Crippen LogP contribution is 2.18. The fraction of sp³-hybridized carbons (Fsp3) is 0.333. The molecule has 5 nitrogen and oxygen atoms in total. The average molecular weight is 252 g/mol. The second kappa shape index (κ2) is 5.14. The Morgan fingerprint density at radius 2 is 2.28 bits per heavy atom. The van der Waals surface area contributed by atoms with Crippen molar-refractivity contribution in [1.82, 2.24) is 5.32 Å². The lowest BCUT2D eigenvalue weighted by Gasteiger charge is -2.22. The van der Waals surface area contributed by atoms with E-state index < -0.39 is 17.7 Å². The number of carbonyl (C=O) groups is 2. The van der Waals surface area contributed by atoms with E-state index in [0.29, 0.717) is 5.69 Å². The minimum Gasteiger partial charge on any atom is -0.481 e. The van der Waals surface area contributed by atoms with Crippen LogP contribution in [0.4, 0.5) is 10.1 Å². The number of nitrogens with one attached hydrogen (secondary N) is 1. The maximum absolute atomic E-state index is 13.1. The van der Waals surface area contributed by atoms with E-state index in [1.54, 1.807) is 6.07 Å². The van der Waals surface area contributed by atoms with E-state index in [2.05, 4.69) is 5.32 Å². The van der Waals surface area contributed by atoms with Gasteiger partial charge in [-0.15, -0.1) is 0 Å². The van der Waals surface area contributed by atoms with Gasteiger partial charge in [-0.05, 0) is 18.2 Å². The molecule has 1 amide bonds. The molecule has 1 aromatic rings. The molecule has 0 saturated carbocycles.